The zero-order valence-corrected chi connectivity index (χ0v) is 30.6. The van der Waals surface area contributed by atoms with Crippen LogP contribution in [0.1, 0.15) is 110 Å². The van der Waals surface area contributed by atoms with E-state index in [0.717, 1.165) is 89.8 Å². The number of unbranched alkanes of at least 4 members (excludes halogenated alkanes) is 2. The van der Waals surface area contributed by atoms with E-state index in [-0.39, 0.29) is 62.4 Å². The number of hydrogen-bond donors (Lipinski definition) is 1. The van der Waals surface area contributed by atoms with Gasteiger partial charge in [0.05, 0.1) is 0 Å². The Balaban J connectivity index is 1.20. The molecule has 0 spiro atoms. The molecule has 0 bridgehead atoms. The van der Waals surface area contributed by atoms with Gasteiger partial charge in [0, 0.05) is 13.2 Å². The number of carbonyl (C=O) groups excluding carboxylic acids is 1. The molecule has 4 aliphatic rings. The molecule has 2 saturated heterocycles. The Labute approximate surface area is 290 Å². The molecule has 2 aliphatic carbocycles. The van der Waals surface area contributed by atoms with E-state index in [1.807, 2.05) is 18.2 Å². The molecule has 3 unspecified atom stereocenters. The van der Waals surface area contributed by atoms with Crippen molar-refractivity contribution in [3.05, 3.63) is 42.5 Å². The molecule has 5 rings (SSSR count). The minimum atomic E-state index is -0.402. The van der Waals surface area contributed by atoms with Crippen LogP contribution in [0, 0.1) is 23.7 Å². The normalized spacial score (nSPS) is 32.6. The number of ether oxygens (including phenoxy) is 5. The van der Waals surface area contributed by atoms with Gasteiger partial charge in [-0.15, -0.1) is 0 Å². The Hall–Kier alpha value is -1.25. The number of methoxy groups -OCH3 is 1. The van der Waals surface area contributed by atoms with Crippen LogP contribution >= 0.6 is 0 Å². The van der Waals surface area contributed by atoms with Crippen LogP contribution in [0.5, 0.6) is 0 Å². The van der Waals surface area contributed by atoms with Crippen LogP contribution in [-0.2, 0) is 28.5 Å². The van der Waals surface area contributed by atoms with Crippen molar-refractivity contribution < 1.29 is 33.6 Å². The van der Waals surface area contributed by atoms with Crippen molar-refractivity contribution in [2.75, 3.05) is 20.3 Å². The van der Waals surface area contributed by atoms with Gasteiger partial charge in [-0.2, -0.15) is 0 Å². The van der Waals surface area contributed by atoms with Crippen molar-refractivity contribution in [3.63, 3.8) is 0 Å². The Kier molecular flexibility index (Phi) is 15.6. The molecule has 2 saturated carbocycles. The Morgan fingerprint density at radius 3 is 2.40 bits per heavy atom. The maximum atomic E-state index is 12.6. The van der Waals surface area contributed by atoms with E-state index < -0.39 is 6.10 Å². The molecular weight excluding hydrogens is 659 g/mol. The number of aliphatic hydroxyl groups excluding tert-OH is 1. The number of aliphatic hydroxyl groups is 1. The minimum absolute atomic E-state index is 0.0397. The van der Waals surface area contributed by atoms with Gasteiger partial charge in [0.15, 0.2) is 6.29 Å². The average molecular weight is 720 g/mol. The van der Waals surface area contributed by atoms with Crippen LogP contribution in [0.4, 0.5) is 0 Å². The molecule has 8 heteroatoms. The Bertz CT molecular complexity index is 1050. The number of hydrogen-bond acceptors (Lipinski definition) is 7. The molecule has 1 N–H and O–H groups in total. The molecule has 1 aromatic rings. The molecule has 4 fully saturated rings. The molecule has 0 radical (unpaired) electrons. The number of rotatable bonds is 18. The molecular formula is C39H60O7Se. The fourth-order valence-electron chi connectivity index (χ4n) is 8.06. The third kappa shape index (κ3) is 11.4. The van der Waals surface area contributed by atoms with Gasteiger partial charge >= 0.3 is 196 Å². The Morgan fingerprint density at radius 2 is 1.72 bits per heavy atom. The average Bonchev–Trinajstić information content (AvgIpc) is 3.37. The predicted molar refractivity (Wildman–Crippen MR) is 185 cm³/mol. The fraction of sp³-hybridized carbons (Fsp3) is 0.769. The maximum absolute atomic E-state index is 12.6. The summed E-state index contributed by atoms with van der Waals surface area (Å²) in [4.78, 5) is 12.5. The first-order valence-electron chi connectivity index (χ1n) is 18.7. The van der Waals surface area contributed by atoms with Gasteiger partial charge in [-0.05, 0) is 50.9 Å². The van der Waals surface area contributed by atoms with Crippen molar-refractivity contribution in [2.24, 2.45) is 23.7 Å². The van der Waals surface area contributed by atoms with E-state index >= 15 is 0 Å². The molecule has 264 valence electrons. The van der Waals surface area contributed by atoms with Crippen LogP contribution in [0.2, 0.25) is 4.82 Å². The summed E-state index contributed by atoms with van der Waals surface area (Å²) in [7, 11) is 1.49. The second-order valence-electron chi connectivity index (χ2n) is 14.3. The van der Waals surface area contributed by atoms with Crippen molar-refractivity contribution in [1.29, 1.82) is 0 Å². The summed E-state index contributed by atoms with van der Waals surface area (Å²) in [5.41, 5.74) is 0. The second kappa shape index (κ2) is 19.8. The molecule has 0 aromatic heterocycles. The number of benzene rings is 1. The molecule has 8 atom stereocenters. The van der Waals surface area contributed by atoms with E-state index in [1.165, 1.54) is 37.3 Å². The molecule has 0 amide bonds. The molecule has 7 nitrogen and oxygen atoms in total. The number of esters is 1. The summed E-state index contributed by atoms with van der Waals surface area (Å²) < 4.78 is 31.7. The quantitative estimate of drug-likeness (QED) is 0.0749. The summed E-state index contributed by atoms with van der Waals surface area (Å²) >= 11 is 0.0515. The van der Waals surface area contributed by atoms with E-state index in [1.54, 1.807) is 0 Å². The van der Waals surface area contributed by atoms with Crippen LogP contribution in [0.25, 0.3) is 0 Å². The number of carbonyl (C=O) groups is 1. The molecule has 1 aromatic carbocycles. The first-order chi connectivity index (χ1) is 23.0. The fourth-order valence-corrected chi connectivity index (χ4v) is 10.4. The summed E-state index contributed by atoms with van der Waals surface area (Å²) in [5, 5.41) is 11.4. The van der Waals surface area contributed by atoms with E-state index in [9.17, 15) is 9.90 Å². The van der Waals surface area contributed by atoms with Crippen LogP contribution in [-0.4, -0.2) is 77.2 Å². The monoisotopic (exact) mass is 720 g/mol. The first kappa shape index (κ1) is 37.0. The smallest absolute Gasteiger partial charge is 0.353 e. The minimum Gasteiger partial charge on any atom is -0.353 e. The van der Waals surface area contributed by atoms with Crippen molar-refractivity contribution in [2.45, 2.75) is 145 Å². The SMILES string of the molecule is CCC[C@H]1C[C@H]([C@@H](C=C[C@@H]2[C@@H](CCCCCC([Se]c3ccccc3)C(=O)OC)[C@@H](O)C[C@H]2OC2CCCCO2)OC2CCCCO2)C1. The third-order valence-corrected chi connectivity index (χ3v) is 13.4. The van der Waals surface area contributed by atoms with Gasteiger partial charge < -0.3 is 4.74 Å². The van der Waals surface area contributed by atoms with Gasteiger partial charge in [-0.3, -0.25) is 0 Å². The second-order valence-corrected chi connectivity index (χ2v) is 16.9. The van der Waals surface area contributed by atoms with Crippen LogP contribution in [0.15, 0.2) is 42.5 Å². The van der Waals surface area contributed by atoms with E-state index in [2.05, 4.69) is 31.2 Å². The van der Waals surface area contributed by atoms with Gasteiger partial charge in [-0.1, -0.05) is 19.8 Å². The summed E-state index contributed by atoms with van der Waals surface area (Å²) in [6.07, 6.45) is 20.7. The summed E-state index contributed by atoms with van der Waals surface area (Å²) in [5.74, 6) is 1.48. The first-order valence-corrected chi connectivity index (χ1v) is 20.6. The topological polar surface area (TPSA) is 83.5 Å². The van der Waals surface area contributed by atoms with Gasteiger partial charge in [0.25, 0.3) is 0 Å². The summed E-state index contributed by atoms with van der Waals surface area (Å²) in [6, 6.07) is 10.3. The van der Waals surface area contributed by atoms with Gasteiger partial charge in [-0.25, -0.2) is 0 Å². The zero-order chi connectivity index (χ0) is 32.8. The zero-order valence-electron chi connectivity index (χ0n) is 28.8. The van der Waals surface area contributed by atoms with Crippen LogP contribution < -0.4 is 4.46 Å². The standard InChI is InChI=1S/C39H60O7Se/c1-3-14-28-25-29(26-28)34(45-37-19-10-12-23-43-37)22-21-32-31(33(40)27-35(32)46-38-20-11-13-24-44-38)17-8-5-9-18-36(39(41)42-2)47-30-15-6-4-7-16-30/h4,6-7,15-16,21-22,28-29,31-38,40H,3,5,8-14,17-20,23-27H2,1-2H3/t28-,29-,31-,32-,33+,34-,35-,36?,37?,38?/m1/s1. The Morgan fingerprint density at radius 1 is 0.979 bits per heavy atom. The van der Waals surface area contributed by atoms with Crippen molar-refractivity contribution in [1.82, 2.24) is 0 Å². The molecule has 2 heterocycles. The van der Waals surface area contributed by atoms with Gasteiger partial charge in [0.2, 0.25) is 0 Å². The van der Waals surface area contributed by atoms with E-state index in [0.29, 0.717) is 12.3 Å². The third-order valence-electron chi connectivity index (χ3n) is 10.7. The molecule has 2 aliphatic heterocycles. The van der Waals surface area contributed by atoms with Crippen molar-refractivity contribution in [3.8, 4) is 0 Å². The van der Waals surface area contributed by atoms with E-state index in [4.69, 9.17) is 23.7 Å². The summed E-state index contributed by atoms with van der Waals surface area (Å²) in [6.45, 7) is 3.81. The van der Waals surface area contributed by atoms with Gasteiger partial charge in [0.1, 0.15) is 0 Å². The van der Waals surface area contributed by atoms with Crippen LogP contribution in [0.3, 0.4) is 0 Å². The molecule has 47 heavy (non-hydrogen) atoms. The van der Waals surface area contributed by atoms with Crippen molar-refractivity contribution >= 4 is 25.4 Å². The predicted octanol–water partition coefficient (Wildman–Crippen LogP) is 7.13.